The van der Waals surface area contributed by atoms with Crippen molar-refractivity contribution >= 4 is 37.3 Å². The number of hydrogen-bond donors (Lipinski definition) is 1. The molecule has 204 valence electrons. The van der Waals surface area contributed by atoms with Crippen molar-refractivity contribution in [2.75, 3.05) is 35.8 Å². The zero-order chi connectivity index (χ0) is 27.4. The fourth-order valence-corrected chi connectivity index (χ4v) is 6.73. The lowest BCUT2D eigenvalue weighted by Crippen LogP contribution is -2.58. The maximum Gasteiger partial charge on any atom is 0.252 e. The van der Waals surface area contributed by atoms with E-state index < -0.39 is 25.9 Å². The van der Waals surface area contributed by atoms with Gasteiger partial charge in [-0.25, -0.2) is 31.5 Å². The topological polar surface area (TPSA) is 139 Å². The smallest absolute Gasteiger partial charge is 0.252 e. The minimum Gasteiger partial charge on any atom is -0.377 e. The largest absolute Gasteiger partial charge is 0.377 e. The van der Waals surface area contributed by atoms with Gasteiger partial charge in [-0.3, -0.25) is 4.79 Å². The third-order valence-electron chi connectivity index (χ3n) is 6.99. The van der Waals surface area contributed by atoms with E-state index in [1.807, 2.05) is 4.90 Å². The van der Waals surface area contributed by atoms with Crippen LogP contribution in [0.3, 0.4) is 0 Å². The Balaban J connectivity index is 1.36. The van der Waals surface area contributed by atoms with Crippen molar-refractivity contribution in [3.8, 4) is 11.4 Å². The van der Waals surface area contributed by atoms with Crippen molar-refractivity contribution in [2.45, 2.75) is 41.3 Å². The molecule has 39 heavy (non-hydrogen) atoms. The van der Waals surface area contributed by atoms with Crippen LogP contribution in [0.4, 0.5) is 11.5 Å². The van der Waals surface area contributed by atoms with E-state index in [0.29, 0.717) is 36.0 Å². The molecular weight excluding hydrogens is 542 g/mol. The number of morpholine rings is 1. The van der Waals surface area contributed by atoms with Crippen LogP contribution in [0.15, 0.2) is 64.5 Å². The summed E-state index contributed by atoms with van der Waals surface area (Å²) < 4.78 is 57.5. The molecule has 3 heterocycles. The summed E-state index contributed by atoms with van der Waals surface area (Å²) >= 11 is 0. The predicted octanol–water partition coefficient (Wildman–Crippen LogP) is 1.74. The van der Waals surface area contributed by atoms with Gasteiger partial charge >= 0.3 is 0 Å². The summed E-state index contributed by atoms with van der Waals surface area (Å²) in [5.74, 6) is 0.740. The summed E-state index contributed by atoms with van der Waals surface area (Å²) in [6.07, 6.45) is 4.40. The molecule has 3 aromatic rings. The molecule has 1 unspecified atom stereocenters. The SMILES string of the molecule is CS(=O)(=O)c1ccc(CN2C(=O)C3COCCN3c3nc(-c4cccc(S(=O)(=O)NC5CC5)c4)ncc32)cc1. The second kappa shape index (κ2) is 9.66. The predicted molar refractivity (Wildman–Crippen MR) is 144 cm³/mol. The van der Waals surface area contributed by atoms with E-state index in [1.165, 1.54) is 12.1 Å². The van der Waals surface area contributed by atoms with Crippen molar-refractivity contribution in [3.63, 3.8) is 0 Å². The number of amides is 1. The number of benzene rings is 2. The van der Waals surface area contributed by atoms with Crippen LogP contribution in [0.25, 0.3) is 11.4 Å². The van der Waals surface area contributed by atoms with Crippen LogP contribution in [0.2, 0.25) is 0 Å². The lowest BCUT2D eigenvalue weighted by Gasteiger charge is -2.43. The van der Waals surface area contributed by atoms with E-state index in [1.54, 1.807) is 47.5 Å². The van der Waals surface area contributed by atoms with Crippen LogP contribution in [-0.2, 0) is 35.9 Å². The Labute approximate surface area is 226 Å². The monoisotopic (exact) mass is 569 g/mol. The molecule has 1 saturated heterocycles. The molecule has 2 aromatic carbocycles. The number of rotatable bonds is 7. The van der Waals surface area contributed by atoms with Crippen molar-refractivity contribution in [1.29, 1.82) is 0 Å². The second-order valence-electron chi connectivity index (χ2n) is 9.95. The van der Waals surface area contributed by atoms with Crippen LogP contribution in [0, 0.1) is 0 Å². The van der Waals surface area contributed by atoms with Crippen molar-refractivity contribution in [1.82, 2.24) is 14.7 Å². The molecule has 0 bridgehead atoms. The van der Waals surface area contributed by atoms with Gasteiger partial charge in [0.25, 0.3) is 5.91 Å². The molecule has 13 heteroatoms. The molecule has 0 radical (unpaired) electrons. The number of nitrogens with one attached hydrogen (secondary N) is 1. The zero-order valence-electron chi connectivity index (χ0n) is 21.1. The minimum atomic E-state index is -3.65. The summed E-state index contributed by atoms with van der Waals surface area (Å²) in [5.41, 5.74) is 1.81. The Kier molecular flexibility index (Phi) is 6.41. The summed E-state index contributed by atoms with van der Waals surface area (Å²) in [6.45, 7) is 1.32. The van der Waals surface area contributed by atoms with Gasteiger partial charge in [-0.2, -0.15) is 0 Å². The maximum absolute atomic E-state index is 13.5. The average molecular weight is 570 g/mol. The number of carbonyl (C=O) groups is 1. The van der Waals surface area contributed by atoms with E-state index in [4.69, 9.17) is 9.72 Å². The van der Waals surface area contributed by atoms with Gasteiger partial charge in [0.15, 0.2) is 21.5 Å². The van der Waals surface area contributed by atoms with Crippen LogP contribution in [0.1, 0.15) is 18.4 Å². The van der Waals surface area contributed by atoms with Crippen LogP contribution >= 0.6 is 0 Å². The van der Waals surface area contributed by atoms with Gasteiger partial charge in [-0.1, -0.05) is 24.3 Å². The van der Waals surface area contributed by atoms with E-state index >= 15 is 0 Å². The highest BCUT2D eigenvalue weighted by atomic mass is 32.2. The number of nitrogens with zero attached hydrogens (tertiary/aromatic N) is 4. The van der Waals surface area contributed by atoms with Crippen LogP contribution in [-0.4, -0.2) is 70.8 Å². The molecule has 1 aliphatic carbocycles. The van der Waals surface area contributed by atoms with Gasteiger partial charge in [0.2, 0.25) is 10.0 Å². The summed E-state index contributed by atoms with van der Waals surface area (Å²) in [4.78, 5) is 26.7. The molecule has 1 amide bonds. The first-order chi connectivity index (χ1) is 18.6. The summed E-state index contributed by atoms with van der Waals surface area (Å²) in [7, 11) is -6.99. The lowest BCUT2D eigenvalue weighted by molar-refractivity contribution is -0.122. The van der Waals surface area contributed by atoms with Gasteiger partial charge in [0, 0.05) is 24.4 Å². The molecule has 1 N–H and O–H groups in total. The molecule has 1 saturated carbocycles. The van der Waals surface area contributed by atoms with Crippen molar-refractivity contribution < 1.29 is 26.4 Å². The van der Waals surface area contributed by atoms with Crippen molar-refractivity contribution in [3.05, 3.63) is 60.3 Å². The molecular formula is C26H27N5O6S2. The average Bonchev–Trinajstić information content (AvgIpc) is 3.74. The van der Waals surface area contributed by atoms with Gasteiger partial charge in [-0.05, 0) is 42.7 Å². The van der Waals surface area contributed by atoms with Gasteiger partial charge in [-0.15, -0.1) is 0 Å². The van der Waals surface area contributed by atoms with Gasteiger partial charge in [0.05, 0.1) is 35.7 Å². The first kappa shape index (κ1) is 25.9. The Morgan fingerprint density at radius 2 is 1.82 bits per heavy atom. The molecule has 11 nitrogen and oxygen atoms in total. The van der Waals surface area contributed by atoms with E-state index in [-0.39, 0.29) is 34.9 Å². The number of sulfonamides is 1. The number of fused-ring (bicyclic) bond motifs is 3. The third-order valence-corrected chi connectivity index (χ3v) is 9.63. The highest BCUT2D eigenvalue weighted by Gasteiger charge is 2.41. The zero-order valence-corrected chi connectivity index (χ0v) is 22.8. The Morgan fingerprint density at radius 1 is 1.05 bits per heavy atom. The Hall–Kier alpha value is -3.39. The van der Waals surface area contributed by atoms with E-state index in [0.717, 1.165) is 24.7 Å². The standard InChI is InChI=1S/C26H27N5O6S2/c1-38(33,34)20-9-5-17(6-10-20)15-31-22-14-27-24(28-25(22)30-11-12-37-16-23(30)26(31)32)18-3-2-4-21(13-18)39(35,36)29-19-7-8-19/h2-6,9-10,13-14,19,23,29H,7-8,11-12,15-16H2,1H3. The van der Waals surface area contributed by atoms with Crippen LogP contribution < -0.4 is 14.5 Å². The number of carbonyl (C=O) groups excluding carboxylic acids is 1. The normalized spacial score (nSPS) is 19.5. The first-order valence-corrected chi connectivity index (χ1v) is 15.9. The Morgan fingerprint density at radius 3 is 2.54 bits per heavy atom. The fraction of sp³-hybridized carbons (Fsp3) is 0.346. The highest BCUT2D eigenvalue weighted by Crippen LogP contribution is 2.37. The molecule has 2 aliphatic heterocycles. The van der Waals surface area contributed by atoms with Gasteiger partial charge in [0.1, 0.15) is 11.7 Å². The number of anilines is 2. The number of hydrogen-bond acceptors (Lipinski definition) is 9. The highest BCUT2D eigenvalue weighted by molar-refractivity contribution is 7.90. The molecule has 3 aliphatic rings. The fourth-order valence-electron chi connectivity index (χ4n) is 4.75. The van der Waals surface area contributed by atoms with E-state index in [2.05, 4.69) is 9.71 Å². The minimum absolute atomic E-state index is 0.0111. The van der Waals surface area contributed by atoms with Gasteiger partial charge < -0.3 is 14.5 Å². The first-order valence-electron chi connectivity index (χ1n) is 12.5. The van der Waals surface area contributed by atoms with Crippen LogP contribution in [0.5, 0.6) is 0 Å². The summed E-state index contributed by atoms with van der Waals surface area (Å²) in [6, 6.07) is 12.3. The third kappa shape index (κ3) is 5.14. The Bertz CT molecular complexity index is 1660. The summed E-state index contributed by atoms with van der Waals surface area (Å²) in [5, 5.41) is 0. The second-order valence-corrected chi connectivity index (χ2v) is 13.7. The molecule has 6 rings (SSSR count). The lowest BCUT2D eigenvalue weighted by atomic mass is 10.1. The number of ether oxygens (including phenoxy) is 1. The number of sulfone groups is 1. The van der Waals surface area contributed by atoms with E-state index in [9.17, 15) is 21.6 Å². The quantitative estimate of drug-likeness (QED) is 0.451. The van der Waals surface area contributed by atoms with Crippen molar-refractivity contribution in [2.24, 2.45) is 0 Å². The molecule has 1 aromatic heterocycles. The maximum atomic E-state index is 13.5. The molecule has 2 fully saturated rings. The number of aromatic nitrogens is 2. The molecule has 1 atom stereocenters. The molecule has 0 spiro atoms.